The lowest BCUT2D eigenvalue weighted by atomic mass is 9.82. The van der Waals surface area contributed by atoms with Crippen LogP contribution in [-0.2, 0) is 9.63 Å². The third-order valence-corrected chi connectivity index (χ3v) is 6.85. The highest BCUT2D eigenvalue weighted by Crippen LogP contribution is 2.38. The van der Waals surface area contributed by atoms with Crippen molar-refractivity contribution in [2.75, 3.05) is 0 Å². The molecule has 1 rings (SSSR count). The number of hydrogen-bond acceptors (Lipinski definition) is 3. The molecule has 0 bridgehead atoms. The van der Waals surface area contributed by atoms with Gasteiger partial charge >= 0.3 is 5.97 Å². The first-order chi connectivity index (χ1) is 14.3. The molecule has 0 amide bonds. The van der Waals surface area contributed by atoms with E-state index in [9.17, 15) is 4.79 Å². The molecule has 1 aliphatic rings. The fourth-order valence-corrected chi connectivity index (χ4v) is 5.01. The van der Waals surface area contributed by atoms with E-state index in [0.717, 1.165) is 25.7 Å². The minimum absolute atomic E-state index is 0.0484. The summed E-state index contributed by atoms with van der Waals surface area (Å²) in [6, 6.07) is 0. The average molecular weight is 424 g/mol. The minimum Gasteiger partial charge on any atom is -0.367 e. The summed E-state index contributed by atoms with van der Waals surface area (Å²) < 4.78 is 0. The monoisotopic (exact) mass is 423 g/mol. The van der Waals surface area contributed by atoms with Gasteiger partial charge in [-0.15, -0.1) is 5.06 Å². The number of carbonyl (C=O) groups is 1. The predicted octanol–water partition coefficient (Wildman–Crippen LogP) is 8.75. The first kappa shape index (κ1) is 27.5. The van der Waals surface area contributed by atoms with E-state index in [1.807, 2.05) is 5.06 Å². The van der Waals surface area contributed by atoms with E-state index in [0.29, 0.717) is 6.42 Å². The van der Waals surface area contributed by atoms with Gasteiger partial charge in [-0.2, -0.15) is 0 Å². The van der Waals surface area contributed by atoms with Crippen molar-refractivity contribution in [1.29, 1.82) is 0 Å². The third kappa shape index (κ3) is 11.7. The van der Waals surface area contributed by atoms with Crippen molar-refractivity contribution < 1.29 is 9.63 Å². The Kier molecular flexibility index (Phi) is 14.0. The Morgan fingerprint density at radius 1 is 0.667 bits per heavy atom. The normalized spacial score (nSPS) is 18.4. The summed E-state index contributed by atoms with van der Waals surface area (Å²) in [5.74, 6) is -0.0484. The minimum atomic E-state index is -0.0630. The fraction of sp³-hybridized carbons (Fsp3) is 0.963. The van der Waals surface area contributed by atoms with Crippen LogP contribution in [0.5, 0.6) is 0 Å². The van der Waals surface area contributed by atoms with Gasteiger partial charge in [0.05, 0.1) is 11.1 Å². The van der Waals surface area contributed by atoms with Crippen LogP contribution in [0.1, 0.15) is 157 Å². The second-order valence-electron chi connectivity index (χ2n) is 10.9. The molecular weight excluding hydrogens is 370 g/mol. The molecule has 0 saturated carbocycles. The van der Waals surface area contributed by atoms with Crippen molar-refractivity contribution in [3.8, 4) is 0 Å². The third-order valence-electron chi connectivity index (χ3n) is 6.85. The van der Waals surface area contributed by atoms with Gasteiger partial charge in [-0.3, -0.25) is 4.79 Å². The molecule has 0 unspecified atom stereocenters. The summed E-state index contributed by atoms with van der Waals surface area (Å²) in [6.45, 7) is 11.0. The van der Waals surface area contributed by atoms with E-state index >= 15 is 0 Å². The maximum atomic E-state index is 12.4. The highest BCUT2D eigenvalue weighted by Gasteiger charge is 2.44. The van der Waals surface area contributed by atoms with Crippen LogP contribution in [0.3, 0.4) is 0 Å². The molecule has 1 saturated heterocycles. The Hall–Kier alpha value is -0.570. The molecule has 0 spiro atoms. The smallest absolute Gasteiger partial charge is 0.325 e. The van der Waals surface area contributed by atoms with Crippen molar-refractivity contribution in [2.24, 2.45) is 0 Å². The topological polar surface area (TPSA) is 29.5 Å². The zero-order valence-corrected chi connectivity index (χ0v) is 21.2. The number of piperidine rings is 1. The summed E-state index contributed by atoms with van der Waals surface area (Å²) in [5.41, 5.74) is -0.126. The maximum absolute atomic E-state index is 12.4. The van der Waals surface area contributed by atoms with Gasteiger partial charge in [-0.05, 0) is 53.4 Å². The molecule has 30 heavy (non-hydrogen) atoms. The summed E-state index contributed by atoms with van der Waals surface area (Å²) in [7, 11) is 0. The second kappa shape index (κ2) is 15.3. The number of unbranched alkanes of at least 4 members (excludes halogenated alkanes) is 14. The highest BCUT2D eigenvalue weighted by atomic mass is 16.7. The van der Waals surface area contributed by atoms with E-state index < -0.39 is 0 Å². The molecule has 178 valence electrons. The molecule has 1 aliphatic heterocycles. The van der Waals surface area contributed by atoms with Crippen LogP contribution in [0.4, 0.5) is 0 Å². The van der Waals surface area contributed by atoms with E-state index in [1.165, 1.54) is 89.9 Å². The number of nitrogens with zero attached hydrogens (tertiary/aromatic N) is 1. The standard InChI is InChI=1S/C27H53NO2/c1-6-7-8-9-10-11-12-13-14-15-16-17-18-19-20-22-25(29)30-28-26(2,3)23-21-24-27(28,4)5/h6-24H2,1-5H3. The van der Waals surface area contributed by atoms with Gasteiger partial charge in [0.25, 0.3) is 0 Å². The predicted molar refractivity (Wildman–Crippen MR) is 129 cm³/mol. The largest absolute Gasteiger partial charge is 0.367 e. The molecule has 0 aliphatic carbocycles. The Bertz CT molecular complexity index is 428. The molecular formula is C27H53NO2. The lowest BCUT2D eigenvalue weighted by Crippen LogP contribution is -2.58. The van der Waals surface area contributed by atoms with Crippen LogP contribution in [0.25, 0.3) is 0 Å². The van der Waals surface area contributed by atoms with E-state index in [2.05, 4.69) is 34.6 Å². The average Bonchev–Trinajstić information content (AvgIpc) is 2.67. The Morgan fingerprint density at radius 3 is 1.43 bits per heavy atom. The Labute approximate surface area is 188 Å². The molecule has 0 radical (unpaired) electrons. The van der Waals surface area contributed by atoms with Crippen LogP contribution < -0.4 is 0 Å². The number of carbonyl (C=O) groups excluding carboxylic acids is 1. The molecule has 0 aromatic carbocycles. The first-order valence-electron chi connectivity index (χ1n) is 13.3. The maximum Gasteiger partial charge on any atom is 0.325 e. The van der Waals surface area contributed by atoms with Gasteiger partial charge < -0.3 is 4.84 Å². The molecule has 3 nitrogen and oxygen atoms in total. The van der Waals surface area contributed by atoms with Gasteiger partial charge in [0.15, 0.2) is 0 Å². The Morgan fingerprint density at radius 2 is 1.03 bits per heavy atom. The summed E-state index contributed by atoms with van der Waals surface area (Å²) in [4.78, 5) is 18.2. The summed E-state index contributed by atoms with van der Waals surface area (Å²) in [5, 5.41) is 1.98. The number of hydrogen-bond donors (Lipinski definition) is 0. The van der Waals surface area contributed by atoms with Crippen LogP contribution >= 0.6 is 0 Å². The van der Waals surface area contributed by atoms with Gasteiger partial charge in [0.1, 0.15) is 0 Å². The molecule has 1 heterocycles. The zero-order chi connectivity index (χ0) is 22.3. The van der Waals surface area contributed by atoms with Crippen molar-refractivity contribution in [2.45, 2.75) is 168 Å². The lowest BCUT2D eigenvalue weighted by molar-refractivity contribution is -0.265. The van der Waals surface area contributed by atoms with Crippen molar-refractivity contribution >= 4 is 5.97 Å². The van der Waals surface area contributed by atoms with E-state index in [-0.39, 0.29) is 17.0 Å². The number of rotatable bonds is 17. The summed E-state index contributed by atoms with van der Waals surface area (Å²) >= 11 is 0. The van der Waals surface area contributed by atoms with E-state index in [1.54, 1.807) is 0 Å². The fourth-order valence-electron chi connectivity index (χ4n) is 5.01. The molecule has 1 fully saturated rings. The quantitative estimate of drug-likeness (QED) is 0.219. The van der Waals surface area contributed by atoms with Crippen molar-refractivity contribution in [3.63, 3.8) is 0 Å². The van der Waals surface area contributed by atoms with Gasteiger partial charge in [0.2, 0.25) is 0 Å². The first-order valence-corrected chi connectivity index (χ1v) is 13.3. The van der Waals surface area contributed by atoms with Crippen molar-refractivity contribution in [3.05, 3.63) is 0 Å². The molecule has 0 N–H and O–H groups in total. The molecule has 0 aromatic heterocycles. The SMILES string of the molecule is CCCCCCCCCCCCCCCCCC(=O)ON1C(C)(C)CCCC1(C)C. The van der Waals surface area contributed by atoms with E-state index in [4.69, 9.17) is 4.84 Å². The van der Waals surface area contributed by atoms with Gasteiger partial charge in [-0.25, -0.2) is 0 Å². The summed E-state index contributed by atoms with van der Waals surface area (Å²) in [6.07, 6.45) is 24.1. The molecule has 0 atom stereocenters. The van der Waals surface area contributed by atoms with Crippen LogP contribution in [-0.4, -0.2) is 22.1 Å². The lowest BCUT2D eigenvalue weighted by Gasteiger charge is -2.50. The number of hydroxylamine groups is 2. The van der Waals surface area contributed by atoms with Crippen LogP contribution in [0.15, 0.2) is 0 Å². The van der Waals surface area contributed by atoms with Crippen LogP contribution in [0.2, 0.25) is 0 Å². The van der Waals surface area contributed by atoms with Gasteiger partial charge in [0, 0.05) is 6.42 Å². The zero-order valence-electron chi connectivity index (χ0n) is 21.2. The Balaban J connectivity index is 1.95. The highest BCUT2D eigenvalue weighted by molar-refractivity contribution is 5.69. The van der Waals surface area contributed by atoms with Crippen LogP contribution in [0, 0.1) is 0 Å². The molecule has 0 aromatic rings. The molecule has 3 heteroatoms. The second-order valence-corrected chi connectivity index (χ2v) is 10.9. The van der Waals surface area contributed by atoms with Crippen molar-refractivity contribution in [1.82, 2.24) is 5.06 Å². The van der Waals surface area contributed by atoms with Gasteiger partial charge in [-0.1, -0.05) is 96.8 Å².